The fraction of sp³-hybridized carbons (Fsp3) is 0.250. The number of benzene rings is 1. The smallest absolute Gasteiger partial charge is 0.273 e. The number of pyridine rings is 1. The quantitative estimate of drug-likeness (QED) is 0.718. The minimum Gasteiger partial charge on any atom is -0.443 e. The summed E-state index contributed by atoms with van der Waals surface area (Å²) >= 11 is 0. The molecule has 0 aliphatic carbocycles. The lowest BCUT2D eigenvalue weighted by molar-refractivity contribution is 0.0708. The number of oxazole rings is 1. The lowest BCUT2D eigenvalue weighted by atomic mass is 10.1. The maximum absolute atomic E-state index is 13.0. The van der Waals surface area contributed by atoms with Crippen molar-refractivity contribution in [1.29, 1.82) is 0 Å². The van der Waals surface area contributed by atoms with Crippen LogP contribution < -0.4 is 0 Å². The summed E-state index contributed by atoms with van der Waals surface area (Å²) in [5.41, 5.74) is 1.37. The fourth-order valence-electron chi connectivity index (χ4n) is 3.26. The van der Waals surface area contributed by atoms with Gasteiger partial charge in [-0.15, -0.1) is 0 Å². The highest BCUT2D eigenvalue weighted by Gasteiger charge is 2.34. The van der Waals surface area contributed by atoms with Crippen molar-refractivity contribution in [1.82, 2.24) is 14.9 Å². The molecule has 1 fully saturated rings. The number of amides is 1. The van der Waals surface area contributed by atoms with E-state index in [2.05, 4.69) is 9.97 Å². The fourth-order valence-corrected chi connectivity index (χ4v) is 3.26. The number of carbonyl (C=O) groups excluding carboxylic acids is 1. The standard InChI is InChI=1S/C20H18FN3O2/c21-15-8-6-14(7-9-15)12-16-13-23-19(26-16)18-5-3-11-24(18)20(25)17-4-1-2-10-22-17/h1-2,4,6-10,13,18H,3,5,11-12H2/t18-/m0/s1. The summed E-state index contributed by atoms with van der Waals surface area (Å²) in [6, 6.07) is 11.4. The minimum absolute atomic E-state index is 0.105. The van der Waals surface area contributed by atoms with Crippen LogP contribution in [-0.2, 0) is 6.42 Å². The lowest BCUT2D eigenvalue weighted by Gasteiger charge is -2.21. The molecule has 1 aliphatic rings. The molecule has 0 N–H and O–H groups in total. The van der Waals surface area contributed by atoms with Gasteiger partial charge in [0, 0.05) is 19.2 Å². The van der Waals surface area contributed by atoms with Gasteiger partial charge in [-0.2, -0.15) is 0 Å². The van der Waals surface area contributed by atoms with Gasteiger partial charge < -0.3 is 9.32 Å². The first-order chi connectivity index (χ1) is 12.7. The molecule has 4 rings (SSSR count). The summed E-state index contributed by atoms with van der Waals surface area (Å²) in [7, 11) is 0. The zero-order chi connectivity index (χ0) is 17.9. The first-order valence-corrected chi connectivity index (χ1v) is 8.62. The Morgan fingerprint density at radius 3 is 2.81 bits per heavy atom. The van der Waals surface area contributed by atoms with Gasteiger partial charge >= 0.3 is 0 Å². The van der Waals surface area contributed by atoms with Gasteiger partial charge in [0.1, 0.15) is 23.3 Å². The highest BCUT2D eigenvalue weighted by molar-refractivity contribution is 5.92. The van der Waals surface area contributed by atoms with Crippen molar-refractivity contribution in [3.05, 3.63) is 83.6 Å². The molecule has 26 heavy (non-hydrogen) atoms. The molecule has 132 valence electrons. The number of carbonyl (C=O) groups is 1. The molecule has 0 saturated carbocycles. The molecule has 0 radical (unpaired) electrons. The predicted molar refractivity (Wildman–Crippen MR) is 93.0 cm³/mol. The second-order valence-corrected chi connectivity index (χ2v) is 6.34. The van der Waals surface area contributed by atoms with Crippen molar-refractivity contribution in [3.8, 4) is 0 Å². The normalized spacial score (nSPS) is 16.8. The number of nitrogens with zero attached hydrogens (tertiary/aromatic N) is 3. The first kappa shape index (κ1) is 16.4. The summed E-state index contributed by atoms with van der Waals surface area (Å²) in [6.07, 6.45) is 5.55. The van der Waals surface area contributed by atoms with Crippen LogP contribution in [0.2, 0.25) is 0 Å². The van der Waals surface area contributed by atoms with Crippen LogP contribution in [0.15, 0.2) is 59.3 Å². The molecule has 1 aromatic carbocycles. The molecule has 2 aromatic heterocycles. The zero-order valence-corrected chi connectivity index (χ0v) is 14.1. The maximum atomic E-state index is 13.0. The van der Waals surface area contributed by atoms with E-state index in [0.717, 1.165) is 18.4 Å². The molecule has 1 aliphatic heterocycles. The molecule has 0 spiro atoms. The van der Waals surface area contributed by atoms with Gasteiger partial charge in [0.25, 0.3) is 5.91 Å². The highest BCUT2D eigenvalue weighted by Crippen LogP contribution is 2.32. The van der Waals surface area contributed by atoms with Gasteiger partial charge in [0.05, 0.1) is 6.20 Å². The van der Waals surface area contributed by atoms with Crippen molar-refractivity contribution in [3.63, 3.8) is 0 Å². The molecular formula is C20H18FN3O2. The van der Waals surface area contributed by atoms with Gasteiger partial charge in [-0.25, -0.2) is 9.37 Å². The van der Waals surface area contributed by atoms with Gasteiger partial charge in [0.2, 0.25) is 5.89 Å². The molecular weight excluding hydrogens is 333 g/mol. The van der Waals surface area contributed by atoms with E-state index < -0.39 is 0 Å². The molecule has 3 heterocycles. The van der Waals surface area contributed by atoms with E-state index in [1.807, 2.05) is 0 Å². The average molecular weight is 351 g/mol. The summed E-state index contributed by atoms with van der Waals surface area (Å²) in [6.45, 7) is 0.662. The number of hydrogen-bond donors (Lipinski definition) is 0. The van der Waals surface area contributed by atoms with Crippen LogP contribution >= 0.6 is 0 Å². The molecule has 1 atom stereocenters. The maximum Gasteiger partial charge on any atom is 0.273 e. The van der Waals surface area contributed by atoms with Crippen LogP contribution in [-0.4, -0.2) is 27.3 Å². The minimum atomic E-state index is -0.262. The summed E-state index contributed by atoms with van der Waals surface area (Å²) < 4.78 is 18.9. The van der Waals surface area contributed by atoms with E-state index in [0.29, 0.717) is 30.3 Å². The largest absolute Gasteiger partial charge is 0.443 e. The van der Waals surface area contributed by atoms with E-state index in [1.54, 1.807) is 47.6 Å². The van der Waals surface area contributed by atoms with Crippen LogP contribution in [0.1, 0.15) is 46.6 Å². The number of aromatic nitrogens is 2. The molecule has 0 bridgehead atoms. The number of hydrogen-bond acceptors (Lipinski definition) is 4. The van der Waals surface area contributed by atoms with E-state index in [9.17, 15) is 9.18 Å². The Kier molecular flexibility index (Phi) is 4.48. The third-order valence-electron chi connectivity index (χ3n) is 4.55. The van der Waals surface area contributed by atoms with E-state index in [-0.39, 0.29) is 17.8 Å². The Bertz CT molecular complexity index is 893. The molecule has 3 aromatic rings. The van der Waals surface area contributed by atoms with Crippen LogP contribution in [0.5, 0.6) is 0 Å². The van der Waals surface area contributed by atoms with Crippen molar-refractivity contribution < 1.29 is 13.6 Å². The Hall–Kier alpha value is -3.02. The Morgan fingerprint density at radius 2 is 2.04 bits per heavy atom. The molecule has 6 heteroatoms. The monoisotopic (exact) mass is 351 g/mol. The number of likely N-dealkylation sites (tertiary alicyclic amines) is 1. The second kappa shape index (κ2) is 7.07. The summed E-state index contributed by atoms with van der Waals surface area (Å²) in [5.74, 6) is 0.876. The number of halogens is 1. The second-order valence-electron chi connectivity index (χ2n) is 6.34. The van der Waals surface area contributed by atoms with Gasteiger partial charge in [-0.05, 0) is 42.7 Å². The predicted octanol–water partition coefficient (Wildman–Crippen LogP) is 3.78. The molecule has 1 saturated heterocycles. The SMILES string of the molecule is O=C(c1ccccn1)N1CCC[C@H]1c1ncc(Cc2ccc(F)cc2)o1. The molecule has 5 nitrogen and oxygen atoms in total. The van der Waals surface area contributed by atoms with Gasteiger partial charge in [-0.3, -0.25) is 9.78 Å². The molecule has 0 unspecified atom stereocenters. The van der Waals surface area contributed by atoms with Crippen LogP contribution in [0.25, 0.3) is 0 Å². The van der Waals surface area contributed by atoms with Gasteiger partial charge in [-0.1, -0.05) is 18.2 Å². The van der Waals surface area contributed by atoms with Crippen LogP contribution in [0, 0.1) is 5.82 Å². The van der Waals surface area contributed by atoms with Crippen LogP contribution in [0.4, 0.5) is 4.39 Å². The Morgan fingerprint density at radius 1 is 1.19 bits per heavy atom. The third kappa shape index (κ3) is 3.35. The highest BCUT2D eigenvalue weighted by atomic mass is 19.1. The average Bonchev–Trinajstić information content (AvgIpc) is 3.33. The van der Waals surface area contributed by atoms with Gasteiger partial charge in [0.15, 0.2) is 0 Å². The van der Waals surface area contributed by atoms with Crippen molar-refractivity contribution in [2.75, 3.05) is 6.54 Å². The number of rotatable bonds is 4. The van der Waals surface area contributed by atoms with E-state index in [4.69, 9.17) is 4.42 Å². The Labute approximate surface area is 150 Å². The zero-order valence-electron chi connectivity index (χ0n) is 14.1. The lowest BCUT2D eigenvalue weighted by Crippen LogP contribution is -2.31. The Balaban J connectivity index is 1.51. The van der Waals surface area contributed by atoms with Crippen molar-refractivity contribution in [2.24, 2.45) is 0 Å². The van der Waals surface area contributed by atoms with Crippen molar-refractivity contribution >= 4 is 5.91 Å². The first-order valence-electron chi connectivity index (χ1n) is 8.62. The topological polar surface area (TPSA) is 59.2 Å². The summed E-state index contributed by atoms with van der Waals surface area (Å²) in [5, 5.41) is 0. The third-order valence-corrected chi connectivity index (χ3v) is 4.55. The van der Waals surface area contributed by atoms with E-state index >= 15 is 0 Å². The van der Waals surface area contributed by atoms with Crippen LogP contribution in [0.3, 0.4) is 0 Å². The molecule has 1 amide bonds. The van der Waals surface area contributed by atoms with E-state index in [1.165, 1.54) is 12.1 Å². The summed E-state index contributed by atoms with van der Waals surface area (Å²) in [4.78, 5) is 23.0. The van der Waals surface area contributed by atoms with Crippen molar-refractivity contribution in [2.45, 2.75) is 25.3 Å².